The lowest BCUT2D eigenvalue weighted by molar-refractivity contribution is -0.116. The number of aryl methyl sites for hydroxylation is 2. The maximum Gasteiger partial charge on any atom is 0.240 e. The van der Waals surface area contributed by atoms with Crippen LogP contribution in [0.5, 0.6) is 0 Å². The fourth-order valence-electron chi connectivity index (χ4n) is 3.96. The highest BCUT2D eigenvalue weighted by atomic mass is 32.2. The van der Waals surface area contributed by atoms with Crippen LogP contribution in [0, 0.1) is 13.8 Å². The van der Waals surface area contributed by atoms with Crippen LogP contribution >= 0.6 is 11.8 Å². The molecule has 0 radical (unpaired) electrons. The molecule has 3 aromatic rings. The minimum absolute atomic E-state index is 0.0151. The third-order valence-electron chi connectivity index (χ3n) is 5.86. The molecule has 0 saturated heterocycles. The summed E-state index contributed by atoms with van der Waals surface area (Å²) >= 11 is 1.48. The standard InChI is InChI=1S/C23H27N5OS/c1-5-23(6-2)19(21(29)24-18-13-12-15(3)14-16(18)4)30-22-26-25-20(28(22)27-23)17-10-8-7-9-11-17/h7-14,19,27H,5-6H2,1-4H3,(H,24,29)/t19-/m0/s1. The van der Waals surface area contributed by atoms with Gasteiger partial charge in [-0.05, 0) is 38.3 Å². The molecule has 0 unspecified atom stereocenters. The van der Waals surface area contributed by atoms with Crippen LogP contribution in [0.3, 0.4) is 0 Å². The van der Waals surface area contributed by atoms with Gasteiger partial charge >= 0.3 is 0 Å². The van der Waals surface area contributed by atoms with Crippen molar-refractivity contribution in [1.82, 2.24) is 14.9 Å². The van der Waals surface area contributed by atoms with Crippen molar-refractivity contribution in [3.05, 3.63) is 59.7 Å². The van der Waals surface area contributed by atoms with Crippen molar-refractivity contribution >= 4 is 23.4 Å². The van der Waals surface area contributed by atoms with Gasteiger partial charge in [0, 0.05) is 11.3 Å². The quantitative estimate of drug-likeness (QED) is 0.620. The van der Waals surface area contributed by atoms with Crippen LogP contribution in [0.4, 0.5) is 5.69 Å². The highest BCUT2D eigenvalue weighted by Crippen LogP contribution is 2.41. The van der Waals surface area contributed by atoms with Crippen molar-refractivity contribution in [2.45, 2.75) is 56.5 Å². The van der Waals surface area contributed by atoms with E-state index >= 15 is 0 Å². The van der Waals surface area contributed by atoms with Crippen LogP contribution in [-0.4, -0.2) is 31.6 Å². The molecule has 0 spiro atoms. The second-order valence-electron chi connectivity index (χ2n) is 7.79. The number of nitrogens with one attached hydrogen (secondary N) is 2. The van der Waals surface area contributed by atoms with Crippen molar-refractivity contribution in [3.63, 3.8) is 0 Å². The molecular formula is C23H27N5OS. The predicted octanol–water partition coefficient (Wildman–Crippen LogP) is 4.78. The minimum Gasteiger partial charge on any atom is -0.325 e. The van der Waals surface area contributed by atoms with Gasteiger partial charge in [-0.25, -0.2) is 4.68 Å². The molecule has 2 heterocycles. The lowest BCUT2D eigenvalue weighted by atomic mass is 9.88. The molecule has 2 aromatic carbocycles. The Labute approximate surface area is 181 Å². The molecule has 1 aliphatic rings. The van der Waals surface area contributed by atoms with Gasteiger partial charge in [-0.2, -0.15) is 0 Å². The molecule has 0 fully saturated rings. The summed E-state index contributed by atoms with van der Waals surface area (Å²) in [5, 5.41) is 12.3. The van der Waals surface area contributed by atoms with Crippen molar-refractivity contribution in [2.75, 3.05) is 10.7 Å². The Balaban J connectivity index is 1.67. The van der Waals surface area contributed by atoms with E-state index in [9.17, 15) is 4.79 Å². The number of carbonyl (C=O) groups is 1. The number of thioether (sulfide) groups is 1. The maximum absolute atomic E-state index is 13.4. The Morgan fingerprint density at radius 2 is 1.87 bits per heavy atom. The topological polar surface area (TPSA) is 71.8 Å². The lowest BCUT2D eigenvalue weighted by Gasteiger charge is -2.43. The van der Waals surface area contributed by atoms with Crippen LogP contribution < -0.4 is 10.7 Å². The molecule has 1 aliphatic heterocycles. The molecule has 156 valence electrons. The maximum atomic E-state index is 13.4. The third kappa shape index (κ3) is 3.58. The predicted molar refractivity (Wildman–Crippen MR) is 122 cm³/mol. The summed E-state index contributed by atoms with van der Waals surface area (Å²) in [6.45, 7) is 8.30. The molecule has 6 nitrogen and oxygen atoms in total. The van der Waals surface area contributed by atoms with Gasteiger partial charge in [0.1, 0.15) is 5.25 Å². The van der Waals surface area contributed by atoms with E-state index in [1.54, 1.807) is 0 Å². The summed E-state index contributed by atoms with van der Waals surface area (Å²) < 4.78 is 1.94. The van der Waals surface area contributed by atoms with Crippen molar-refractivity contribution in [2.24, 2.45) is 0 Å². The van der Waals surface area contributed by atoms with E-state index in [1.165, 1.54) is 17.3 Å². The van der Waals surface area contributed by atoms with Gasteiger partial charge < -0.3 is 10.7 Å². The molecule has 0 aliphatic carbocycles. The van der Waals surface area contributed by atoms with Gasteiger partial charge in [0.25, 0.3) is 0 Å². The van der Waals surface area contributed by atoms with Crippen LogP contribution in [0.1, 0.15) is 37.8 Å². The highest BCUT2D eigenvalue weighted by Gasteiger charge is 2.46. The third-order valence-corrected chi connectivity index (χ3v) is 7.24. The number of hydrogen-bond acceptors (Lipinski definition) is 5. The van der Waals surface area contributed by atoms with Gasteiger partial charge in [-0.3, -0.25) is 4.79 Å². The van der Waals surface area contributed by atoms with Crippen LogP contribution in [0.25, 0.3) is 11.4 Å². The Hall–Kier alpha value is -2.80. The first-order valence-corrected chi connectivity index (χ1v) is 11.2. The first-order valence-electron chi connectivity index (χ1n) is 10.3. The zero-order valence-electron chi connectivity index (χ0n) is 17.8. The molecule has 1 aromatic heterocycles. The largest absolute Gasteiger partial charge is 0.325 e. The molecule has 4 rings (SSSR count). The van der Waals surface area contributed by atoms with Gasteiger partial charge in [0.2, 0.25) is 11.1 Å². The van der Waals surface area contributed by atoms with E-state index in [1.807, 2.05) is 54.1 Å². The molecule has 7 heteroatoms. The SMILES string of the molecule is CCC1(CC)Nn2c(nnc2-c2ccccc2)S[C@H]1C(=O)Nc1ccc(C)cc1C. The molecule has 2 N–H and O–H groups in total. The Morgan fingerprint density at radius 1 is 1.13 bits per heavy atom. The van der Waals surface area contributed by atoms with Crippen LogP contribution in [0.15, 0.2) is 53.7 Å². The summed E-state index contributed by atoms with van der Waals surface area (Å²) in [7, 11) is 0. The van der Waals surface area contributed by atoms with Gasteiger partial charge in [-0.15, -0.1) is 10.2 Å². The summed E-state index contributed by atoms with van der Waals surface area (Å²) in [5.41, 5.74) is 7.28. The number of rotatable bonds is 5. The highest BCUT2D eigenvalue weighted by molar-refractivity contribution is 8.00. The first-order chi connectivity index (χ1) is 14.5. The van der Waals surface area contributed by atoms with Crippen LogP contribution in [0.2, 0.25) is 0 Å². The van der Waals surface area contributed by atoms with E-state index in [2.05, 4.69) is 47.8 Å². The monoisotopic (exact) mass is 421 g/mol. The normalized spacial score (nSPS) is 17.1. The second-order valence-corrected chi connectivity index (χ2v) is 8.86. The Morgan fingerprint density at radius 3 is 2.53 bits per heavy atom. The fraction of sp³-hybridized carbons (Fsp3) is 0.348. The van der Waals surface area contributed by atoms with Gasteiger partial charge in [-0.1, -0.05) is 73.6 Å². The number of amides is 1. The van der Waals surface area contributed by atoms with E-state index < -0.39 is 5.54 Å². The first kappa shape index (κ1) is 20.5. The van der Waals surface area contributed by atoms with Gasteiger partial charge in [0.05, 0.1) is 5.54 Å². The van der Waals surface area contributed by atoms with E-state index in [4.69, 9.17) is 0 Å². The Bertz CT molecular complexity index is 1060. The molecule has 1 amide bonds. The number of nitrogens with zero attached hydrogens (tertiary/aromatic N) is 3. The summed E-state index contributed by atoms with van der Waals surface area (Å²) in [6, 6.07) is 16.1. The van der Waals surface area contributed by atoms with Crippen LogP contribution in [-0.2, 0) is 4.79 Å². The number of benzene rings is 2. The average molecular weight is 422 g/mol. The summed E-state index contributed by atoms with van der Waals surface area (Å²) in [4.78, 5) is 13.4. The van der Waals surface area contributed by atoms with E-state index in [0.29, 0.717) is 5.16 Å². The number of carbonyl (C=O) groups excluding carboxylic acids is 1. The fourth-order valence-corrected chi connectivity index (χ4v) is 5.27. The lowest BCUT2D eigenvalue weighted by Crippen LogP contribution is -2.57. The van der Waals surface area contributed by atoms with E-state index in [0.717, 1.165) is 35.5 Å². The molecule has 30 heavy (non-hydrogen) atoms. The average Bonchev–Trinajstić information content (AvgIpc) is 3.17. The summed E-state index contributed by atoms with van der Waals surface area (Å²) in [6.07, 6.45) is 1.60. The molecule has 0 saturated carbocycles. The van der Waals surface area contributed by atoms with Gasteiger partial charge in [0.15, 0.2) is 5.82 Å². The zero-order valence-corrected chi connectivity index (χ0v) is 18.6. The second kappa shape index (κ2) is 8.14. The number of fused-ring (bicyclic) bond motifs is 1. The zero-order chi connectivity index (χ0) is 21.3. The molecule has 1 atom stereocenters. The molecule has 0 bridgehead atoms. The van der Waals surface area contributed by atoms with Crippen molar-refractivity contribution in [1.29, 1.82) is 0 Å². The smallest absolute Gasteiger partial charge is 0.240 e. The number of hydrogen-bond donors (Lipinski definition) is 2. The number of aromatic nitrogens is 3. The Kier molecular flexibility index (Phi) is 5.56. The van der Waals surface area contributed by atoms with Crippen molar-refractivity contribution in [3.8, 4) is 11.4 Å². The number of anilines is 1. The summed E-state index contributed by atoms with van der Waals surface area (Å²) in [5.74, 6) is 0.747. The van der Waals surface area contributed by atoms with E-state index in [-0.39, 0.29) is 11.2 Å². The molecular weight excluding hydrogens is 394 g/mol. The van der Waals surface area contributed by atoms with Crippen molar-refractivity contribution < 1.29 is 4.79 Å². The minimum atomic E-state index is -0.410.